The highest BCUT2D eigenvalue weighted by molar-refractivity contribution is 9.10. The quantitative estimate of drug-likeness (QED) is 0.727. The highest BCUT2D eigenvalue weighted by atomic mass is 79.9. The van der Waals surface area contributed by atoms with Crippen LogP contribution < -0.4 is 10.2 Å². The number of anilines is 2. The molecule has 144 valence electrons. The van der Waals surface area contributed by atoms with E-state index in [9.17, 15) is 9.59 Å². The van der Waals surface area contributed by atoms with Gasteiger partial charge in [0.05, 0.1) is 10.7 Å². The van der Waals surface area contributed by atoms with Crippen LogP contribution in [0.2, 0.25) is 5.02 Å². The van der Waals surface area contributed by atoms with Crippen LogP contribution in [-0.4, -0.2) is 42.9 Å². The van der Waals surface area contributed by atoms with Gasteiger partial charge in [0.2, 0.25) is 5.91 Å². The van der Waals surface area contributed by atoms with Gasteiger partial charge in [-0.05, 0) is 52.7 Å². The molecule has 8 heteroatoms. The fourth-order valence-electron chi connectivity index (χ4n) is 3.04. The molecule has 0 radical (unpaired) electrons. The van der Waals surface area contributed by atoms with Crippen molar-refractivity contribution in [2.75, 3.05) is 36.4 Å². The molecule has 0 spiro atoms. The fraction of sp³-hybridized carbons (Fsp3) is 0.368. The first-order valence-corrected chi connectivity index (χ1v) is 10.0. The monoisotopic (exact) mass is 453 g/mol. The van der Waals surface area contributed by atoms with Gasteiger partial charge in [-0.3, -0.25) is 9.59 Å². The van der Waals surface area contributed by atoms with Crippen molar-refractivity contribution in [2.24, 2.45) is 0 Å². The first kappa shape index (κ1) is 19.8. The molecule has 0 bridgehead atoms. The van der Waals surface area contributed by atoms with Crippen LogP contribution in [-0.2, 0) is 4.79 Å². The molecule has 0 atom stereocenters. The number of furan rings is 1. The number of carbonyl (C=O) groups excluding carboxylic acids is 2. The maximum atomic E-state index is 12.2. The van der Waals surface area contributed by atoms with Crippen molar-refractivity contribution in [2.45, 2.75) is 19.8 Å². The topological polar surface area (TPSA) is 65.8 Å². The van der Waals surface area contributed by atoms with E-state index in [1.807, 2.05) is 24.0 Å². The zero-order valence-corrected chi connectivity index (χ0v) is 17.3. The molecule has 6 nitrogen and oxygen atoms in total. The summed E-state index contributed by atoms with van der Waals surface area (Å²) in [5.74, 6) is 0.0911. The molecule has 2 amide bonds. The molecule has 2 heterocycles. The lowest BCUT2D eigenvalue weighted by Gasteiger charge is -2.36. The van der Waals surface area contributed by atoms with Gasteiger partial charge in [0.15, 0.2) is 10.4 Å². The first-order valence-electron chi connectivity index (χ1n) is 8.87. The van der Waals surface area contributed by atoms with Crippen molar-refractivity contribution < 1.29 is 14.0 Å². The molecule has 27 heavy (non-hydrogen) atoms. The minimum Gasteiger partial charge on any atom is -0.444 e. The Morgan fingerprint density at radius 2 is 1.93 bits per heavy atom. The molecule has 0 unspecified atom stereocenters. The van der Waals surface area contributed by atoms with Crippen molar-refractivity contribution in [1.29, 1.82) is 0 Å². The van der Waals surface area contributed by atoms with Gasteiger partial charge in [-0.25, -0.2) is 0 Å². The number of benzene rings is 1. The Morgan fingerprint density at radius 1 is 1.19 bits per heavy atom. The summed E-state index contributed by atoms with van der Waals surface area (Å²) >= 11 is 9.62. The summed E-state index contributed by atoms with van der Waals surface area (Å²) in [5, 5.41) is 3.33. The SMILES string of the molecule is CCCC(=O)N1CCN(c2ccc(NC(=O)c3ccc(Br)o3)cc2Cl)CC1. The zero-order valence-electron chi connectivity index (χ0n) is 15.0. The molecule has 1 saturated heterocycles. The van der Waals surface area contributed by atoms with Crippen LogP contribution in [0.4, 0.5) is 11.4 Å². The van der Waals surface area contributed by atoms with Crippen LogP contribution >= 0.6 is 27.5 Å². The summed E-state index contributed by atoms with van der Waals surface area (Å²) in [4.78, 5) is 28.2. The van der Waals surface area contributed by atoms with Crippen LogP contribution in [0.3, 0.4) is 0 Å². The zero-order chi connectivity index (χ0) is 19.4. The highest BCUT2D eigenvalue weighted by Crippen LogP contribution is 2.30. The van der Waals surface area contributed by atoms with Crippen molar-refractivity contribution in [1.82, 2.24) is 4.90 Å². The maximum absolute atomic E-state index is 12.2. The summed E-state index contributed by atoms with van der Waals surface area (Å²) in [6, 6.07) is 8.68. The summed E-state index contributed by atoms with van der Waals surface area (Å²) in [6.07, 6.45) is 1.47. The van der Waals surface area contributed by atoms with Gasteiger partial charge in [-0.15, -0.1) is 0 Å². The van der Waals surface area contributed by atoms with Crippen LogP contribution in [0.5, 0.6) is 0 Å². The van der Waals surface area contributed by atoms with Gasteiger partial charge in [-0.1, -0.05) is 18.5 Å². The molecule has 0 aliphatic carbocycles. The van der Waals surface area contributed by atoms with E-state index in [0.717, 1.165) is 25.2 Å². The Morgan fingerprint density at radius 3 is 2.52 bits per heavy atom. The highest BCUT2D eigenvalue weighted by Gasteiger charge is 2.22. The first-order chi connectivity index (χ1) is 13.0. The summed E-state index contributed by atoms with van der Waals surface area (Å²) in [7, 11) is 0. The molecule has 1 aromatic carbocycles. The minimum atomic E-state index is -0.340. The number of rotatable bonds is 5. The molecular formula is C19H21BrClN3O3. The predicted molar refractivity (Wildman–Crippen MR) is 110 cm³/mol. The van der Waals surface area contributed by atoms with Gasteiger partial charge in [0.25, 0.3) is 5.91 Å². The van der Waals surface area contributed by atoms with Crippen molar-refractivity contribution in [3.8, 4) is 0 Å². The Balaban J connectivity index is 1.62. The van der Waals surface area contributed by atoms with E-state index >= 15 is 0 Å². The van der Waals surface area contributed by atoms with Crippen LogP contribution in [0, 0.1) is 0 Å². The largest absolute Gasteiger partial charge is 0.444 e. The molecule has 2 aromatic rings. The minimum absolute atomic E-state index is 0.214. The van der Waals surface area contributed by atoms with E-state index < -0.39 is 0 Å². The van der Waals surface area contributed by atoms with Crippen molar-refractivity contribution in [3.63, 3.8) is 0 Å². The molecule has 1 aliphatic heterocycles. The molecular weight excluding hydrogens is 434 g/mol. The second-order valence-electron chi connectivity index (χ2n) is 6.34. The Bertz CT molecular complexity index is 831. The second-order valence-corrected chi connectivity index (χ2v) is 7.53. The van der Waals surface area contributed by atoms with Crippen molar-refractivity contribution in [3.05, 3.63) is 45.8 Å². The van der Waals surface area contributed by atoms with Gasteiger partial charge in [0.1, 0.15) is 0 Å². The van der Waals surface area contributed by atoms with E-state index in [0.29, 0.717) is 34.9 Å². The number of hydrogen-bond acceptors (Lipinski definition) is 4. The number of piperazine rings is 1. The lowest BCUT2D eigenvalue weighted by atomic mass is 10.2. The van der Waals surface area contributed by atoms with Crippen LogP contribution in [0.1, 0.15) is 30.3 Å². The molecule has 1 fully saturated rings. The number of nitrogens with one attached hydrogen (secondary N) is 1. The van der Waals surface area contributed by atoms with Crippen LogP contribution in [0.15, 0.2) is 39.4 Å². The Labute approximate surface area is 171 Å². The van der Waals surface area contributed by atoms with Gasteiger partial charge in [-0.2, -0.15) is 0 Å². The van der Waals surface area contributed by atoms with Gasteiger partial charge < -0.3 is 19.5 Å². The number of halogens is 2. The maximum Gasteiger partial charge on any atom is 0.291 e. The third kappa shape index (κ3) is 4.84. The third-order valence-corrected chi connectivity index (χ3v) is 5.17. The van der Waals surface area contributed by atoms with Crippen molar-refractivity contribution >= 4 is 50.7 Å². The fourth-order valence-corrected chi connectivity index (χ4v) is 3.65. The van der Waals surface area contributed by atoms with Gasteiger partial charge in [0, 0.05) is 38.3 Å². The predicted octanol–water partition coefficient (Wildman–Crippen LogP) is 4.40. The molecule has 1 aromatic heterocycles. The summed E-state index contributed by atoms with van der Waals surface area (Å²) in [5.41, 5.74) is 1.50. The molecule has 1 aliphatic rings. The summed E-state index contributed by atoms with van der Waals surface area (Å²) in [6.45, 7) is 4.88. The normalized spacial score (nSPS) is 14.3. The average Bonchev–Trinajstić information content (AvgIpc) is 3.09. The number of hydrogen-bond donors (Lipinski definition) is 1. The number of amides is 2. The lowest BCUT2D eigenvalue weighted by molar-refractivity contribution is -0.131. The van der Waals surface area contributed by atoms with E-state index in [1.54, 1.807) is 18.2 Å². The molecule has 3 rings (SSSR count). The number of carbonyl (C=O) groups is 2. The lowest BCUT2D eigenvalue weighted by Crippen LogP contribution is -2.48. The van der Waals surface area contributed by atoms with Gasteiger partial charge >= 0.3 is 0 Å². The molecule has 1 N–H and O–H groups in total. The standard InChI is InChI=1S/C19H21BrClN3O3/c1-2-3-18(25)24-10-8-23(9-11-24)15-5-4-13(12-14(15)21)22-19(26)16-6-7-17(20)27-16/h4-7,12H,2-3,8-11H2,1H3,(H,22,26). The number of nitrogens with zero attached hydrogens (tertiary/aromatic N) is 2. The van der Waals surface area contributed by atoms with E-state index in [2.05, 4.69) is 26.1 Å². The van der Waals surface area contributed by atoms with E-state index in [-0.39, 0.29) is 17.6 Å². The van der Waals surface area contributed by atoms with Crippen LogP contribution in [0.25, 0.3) is 0 Å². The molecule has 0 saturated carbocycles. The third-order valence-electron chi connectivity index (χ3n) is 4.44. The van der Waals surface area contributed by atoms with E-state index in [4.69, 9.17) is 16.0 Å². The average molecular weight is 455 g/mol. The Hall–Kier alpha value is -1.99. The second kappa shape index (κ2) is 8.80. The Kier molecular flexibility index (Phi) is 6.44. The van der Waals surface area contributed by atoms with E-state index in [1.165, 1.54) is 0 Å². The smallest absolute Gasteiger partial charge is 0.291 e. The summed E-state index contributed by atoms with van der Waals surface area (Å²) < 4.78 is 5.74.